The maximum absolute atomic E-state index is 14.2. The fraction of sp³-hybridized carbons (Fsp3) is 0.0769. The quantitative estimate of drug-likeness (QED) is 0.232. The summed E-state index contributed by atoms with van der Waals surface area (Å²) in [7, 11) is 0. The van der Waals surface area contributed by atoms with Gasteiger partial charge in [0.05, 0.1) is 17.1 Å². The van der Waals surface area contributed by atoms with Gasteiger partial charge in [0, 0.05) is 35.6 Å². The summed E-state index contributed by atoms with van der Waals surface area (Å²) in [5.41, 5.74) is 2.71. The van der Waals surface area contributed by atoms with Crippen LogP contribution < -0.4 is 10.2 Å². The van der Waals surface area contributed by atoms with Crippen molar-refractivity contribution >= 4 is 28.4 Å². The molecule has 0 aromatic heterocycles. The van der Waals surface area contributed by atoms with Gasteiger partial charge in [-0.05, 0) is 43.7 Å². The van der Waals surface area contributed by atoms with Crippen LogP contribution in [0.15, 0.2) is 66.7 Å². The molecule has 0 bridgehead atoms. The normalized spacial score (nSPS) is 10.9. The van der Waals surface area contributed by atoms with Gasteiger partial charge < -0.3 is 10.2 Å². The number of aryl methyl sites for hydroxylation is 2. The topological polar surface area (TPSA) is 15.3 Å². The molecule has 174 valence electrons. The van der Waals surface area contributed by atoms with Gasteiger partial charge in [0.15, 0.2) is 34.9 Å². The van der Waals surface area contributed by atoms with E-state index in [0.717, 1.165) is 35.4 Å². The third-order valence-corrected chi connectivity index (χ3v) is 5.18. The van der Waals surface area contributed by atoms with Crippen LogP contribution in [-0.2, 0) is 0 Å². The van der Waals surface area contributed by atoms with Crippen molar-refractivity contribution in [2.45, 2.75) is 13.8 Å². The molecular formula is C26H18F6N2. The molecule has 4 aromatic rings. The van der Waals surface area contributed by atoms with Crippen LogP contribution in [-0.4, -0.2) is 0 Å². The van der Waals surface area contributed by atoms with Crippen LogP contribution >= 0.6 is 0 Å². The van der Waals surface area contributed by atoms with Gasteiger partial charge in [0.25, 0.3) is 0 Å². The number of rotatable bonds is 5. The van der Waals surface area contributed by atoms with E-state index in [1.54, 1.807) is 49.4 Å². The minimum atomic E-state index is -1.60. The summed E-state index contributed by atoms with van der Waals surface area (Å²) in [6, 6.07) is 15.2. The molecule has 0 saturated heterocycles. The van der Waals surface area contributed by atoms with Crippen molar-refractivity contribution in [2.24, 2.45) is 0 Å². The molecule has 1 N–H and O–H groups in total. The first kappa shape index (κ1) is 23.2. The van der Waals surface area contributed by atoms with Crippen LogP contribution in [0.3, 0.4) is 0 Å². The molecule has 4 aromatic carbocycles. The molecule has 34 heavy (non-hydrogen) atoms. The van der Waals surface area contributed by atoms with Crippen LogP contribution in [0.4, 0.5) is 54.8 Å². The van der Waals surface area contributed by atoms with Crippen molar-refractivity contribution in [3.05, 3.63) is 113 Å². The SMILES string of the molecule is Cc1ccc(N(c2cc(F)c(F)c(F)c2)c2cc(C)ccc2Nc2cc(F)c(F)c(F)c2)cc1. The second-order valence-corrected chi connectivity index (χ2v) is 7.79. The number of anilines is 5. The molecule has 0 aliphatic carbocycles. The van der Waals surface area contributed by atoms with Gasteiger partial charge in [-0.25, -0.2) is 26.3 Å². The Morgan fingerprint density at radius 2 is 1.06 bits per heavy atom. The lowest BCUT2D eigenvalue weighted by atomic mass is 10.1. The summed E-state index contributed by atoms with van der Waals surface area (Å²) in [6.07, 6.45) is 0. The monoisotopic (exact) mass is 472 g/mol. The van der Waals surface area contributed by atoms with E-state index in [-0.39, 0.29) is 11.4 Å². The van der Waals surface area contributed by atoms with E-state index in [0.29, 0.717) is 17.1 Å². The minimum absolute atomic E-state index is 0.0228. The molecule has 2 nitrogen and oxygen atoms in total. The number of nitrogens with one attached hydrogen (secondary N) is 1. The standard InChI is InChI=1S/C26H18F6N2/c1-14-3-6-17(7-4-14)34(18-12-21(29)26(32)22(30)13-18)24-9-15(2)5-8-23(24)33-16-10-19(27)25(31)20(28)11-16/h3-13,33H,1-2H3. The molecule has 0 aliphatic heterocycles. The van der Waals surface area contributed by atoms with Gasteiger partial charge in [0.1, 0.15) is 0 Å². The van der Waals surface area contributed by atoms with Gasteiger partial charge in [-0.3, -0.25) is 0 Å². The summed E-state index contributed by atoms with van der Waals surface area (Å²) in [6.45, 7) is 3.65. The molecule has 0 saturated carbocycles. The van der Waals surface area contributed by atoms with E-state index in [4.69, 9.17) is 0 Å². The fourth-order valence-corrected chi connectivity index (χ4v) is 3.51. The molecule has 0 radical (unpaired) electrons. The van der Waals surface area contributed by atoms with Gasteiger partial charge in [0.2, 0.25) is 0 Å². The zero-order valence-electron chi connectivity index (χ0n) is 18.1. The summed E-state index contributed by atoms with van der Waals surface area (Å²) in [5, 5.41) is 2.83. The second kappa shape index (κ2) is 9.13. The third-order valence-electron chi connectivity index (χ3n) is 5.18. The Balaban J connectivity index is 1.91. The van der Waals surface area contributed by atoms with Crippen molar-refractivity contribution in [2.75, 3.05) is 10.2 Å². The highest BCUT2D eigenvalue weighted by molar-refractivity contribution is 5.87. The Labute approximate surface area is 192 Å². The first-order valence-electron chi connectivity index (χ1n) is 10.2. The molecule has 0 spiro atoms. The van der Waals surface area contributed by atoms with Crippen LogP contribution in [0.1, 0.15) is 11.1 Å². The van der Waals surface area contributed by atoms with Crippen LogP contribution in [0.25, 0.3) is 0 Å². The van der Waals surface area contributed by atoms with Gasteiger partial charge >= 0.3 is 0 Å². The molecule has 4 rings (SSSR count). The maximum atomic E-state index is 14.2. The summed E-state index contributed by atoms with van der Waals surface area (Å²) < 4.78 is 83.0. The van der Waals surface area contributed by atoms with E-state index in [1.165, 1.54) is 4.90 Å². The van der Waals surface area contributed by atoms with Gasteiger partial charge in [-0.15, -0.1) is 0 Å². The number of halogens is 6. The van der Waals surface area contributed by atoms with E-state index < -0.39 is 34.9 Å². The first-order chi connectivity index (χ1) is 16.1. The zero-order valence-corrected chi connectivity index (χ0v) is 18.1. The molecule has 8 heteroatoms. The van der Waals surface area contributed by atoms with Crippen molar-refractivity contribution in [1.29, 1.82) is 0 Å². The minimum Gasteiger partial charge on any atom is -0.354 e. The molecule has 0 amide bonds. The molecule has 0 aliphatic rings. The van der Waals surface area contributed by atoms with Crippen molar-refractivity contribution in [1.82, 2.24) is 0 Å². The summed E-state index contributed by atoms with van der Waals surface area (Å²) in [4.78, 5) is 1.47. The highest BCUT2D eigenvalue weighted by Gasteiger charge is 2.21. The van der Waals surface area contributed by atoms with E-state index in [2.05, 4.69) is 5.32 Å². The first-order valence-corrected chi connectivity index (χ1v) is 10.2. The van der Waals surface area contributed by atoms with E-state index in [9.17, 15) is 26.3 Å². The lowest BCUT2D eigenvalue weighted by Crippen LogP contribution is -2.13. The Morgan fingerprint density at radius 1 is 0.559 bits per heavy atom. The number of nitrogens with zero attached hydrogens (tertiary/aromatic N) is 1. The van der Waals surface area contributed by atoms with Crippen molar-refractivity contribution in [3.63, 3.8) is 0 Å². The third kappa shape index (κ3) is 4.57. The Kier molecular flexibility index (Phi) is 6.24. The van der Waals surface area contributed by atoms with Gasteiger partial charge in [-0.1, -0.05) is 23.8 Å². The van der Waals surface area contributed by atoms with Crippen LogP contribution in [0.2, 0.25) is 0 Å². The predicted octanol–water partition coefficient (Wildman–Crippen LogP) is 8.35. The smallest absolute Gasteiger partial charge is 0.194 e. The molecule has 0 fully saturated rings. The highest BCUT2D eigenvalue weighted by Crippen LogP contribution is 2.41. The van der Waals surface area contributed by atoms with E-state index >= 15 is 0 Å². The Morgan fingerprint density at radius 3 is 1.62 bits per heavy atom. The summed E-state index contributed by atoms with van der Waals surface area (Å²) >= 11 is 0. The average Bonchev–Trinajstić information content (AvgIpc) is 2.79. The van der Waals surface area contributed by atoms with Crippen LogP contribution in [0, 0.1) is 48.8 Å². The van der Waals surface area contributed by atoms with Crippen molar-refractivity contribution < 1.29 is 26.3 Å². The summed E-state index contributed by atoms with van der Waals surface area (Å²) in [5.74, 6) is -8.72. The second-order valence-electron chi connectivity index (χ2n) is 7.79. The average molecular weight is 472 g/mol. The molecular weight excluding hydrogens is 454 g/mol. The molecule has 0 heterocycles. The number of hydrogen-bond acceptors (Lipinski definition) is 2. The lowest BCUT2D eigenvalue weighted by molar-refractivity contribution is 0.447. The lowest BCUT2D eigenvalue weighted by Gasteiger charge is -2.28. The highest BCUT2D eigenvalue weighted by atomic mass is 19.2. The Bertz CT molecular complexity index is 1320. The molecule has 0 atom stereocenters. The van der Waals surface area contributed by atoms with E-state index in [1.807, 2.05) is 6.92 Å². The molecule has 0 unspecified atom stereocenters. The largest absolute Gasteiger partial charge is 0.354 e. The Hall–Kier alpha value is -3.94. The maximum Gasteiger partial charge on any atom is 0.194 e. The van der Waals surface area contributed by atoms with Crippen LogP contribution in [0.5, 0.6) is 0 Å². The zero-order chi connectivity index (χ0) is 24.6. The number of hydrogen-bond donors (Lipinski definition) is 1. The van der Waals surface area contributed by atoms with Gasteiger partial charge in [-0.2, -0.15) is 0 Å². The number of benzene rings is 4. The predicted molar refractivity (Wildman–Crippen MR) is 120 cm³/mol. The van der Waals surface area contributed by atoms with Crippen molar-refractivity contribution in [3.8, 4) is 0 Å². The fourth-order valence-electron chi connectivity index (χ4n) is 3.51.